The van der Waals surface area contributed by atoms with Gasteiger partial charge in [-0.3, -0.25) is 0 Å². The third kappa shape index (κ3) is 4.49. The first-order valence-electron chi connectivity index (χ1n) is 7.61. The molecule has 0 bridgehead atoms. The van der Waals surface area contributed by atoms with Gasteiger partial charge < -0.3 is 9.88 Å². The predicted octanol–water partition coefficient (Wildman–Crippen LogP) is 3.04. The van der Waals surface area contributed by atoms with Gasteiger partial charge in [0.05, 0.1) is 12.0 Å². The van der Waals surface area contributed by atoms with Crippen LogP contribution in [0.3, 0.4) is 0 Å². The van der Waals surface area contributed by atoms with Gasteiger partial charge in [0.1, 0.15) is 0 Å². The lowest BCUT2D eigenvalue weighted by Crippen LogP contribution is -2.17. The summed E-state index contributed by atoms with van der Waals surface area (Å²) in [6.07, 6.45) is 7.37. The van der Waals surface area contributed by atoms with Crippen LogP contribution in [0, 0.1) is 0 Å². The maximum atomic E-state index is 4.47. The summed E-state index contributed by atoms with van der Waals surface area (Å²) in [6, 6.07) is 8.84. The number of benzene rings is 1. The third-order valence-corrected chi connectivity index (χ3v) is 3.47. The standard InChI is InChI=1S/C17H25N3/c1-3-10-18-11-9-17-13-20(14-19-17)12-16-7-5-15(4-2)6-8-16/h5-8,13-14,18H,3-4,9-12H2,1-2H3. The minimum Gasteiger partial charge on any atom is -0.333 e. The van der Waals surface area contributed by atoms with Gasteiger partial charge >= 0.3 is 0 Å². The molecule has 2 aromatic rings. The summed E-state index contributed by atoms with van der Waals surface area (Å²) in [7, 11) is 0. The average Bonchev–Trinajstić information content (AvgIpc) is 2.92. The maximum absolute atomic E-state index is 4.47. The van der Waals surface area contributed by atoms with Crippen LogP contribution in [0.25, 0.3) is 0 Å². The lowest BCUT2D eigenvalue weighted by molar-refractivity contribution is 0.666. The summed E-state index contributed by atoms with van der Waals surface area (Å²) in [4.78, 5) is 4.47. The second kappa shape index (κ2) is 7.85. The Kier molecular flexibility index (Phi) is 5.81. The number of nitrogens with one attached hydrogen (secondary N) is 1. The van der Waals surface area contributed by atoms with Crippen molar-refractivity contribution in [1.82, 2.24) is 14.9 Å². The van der Waals surface area contributed by atoms with E-state index >= 15 is 0 Å². The highest BCUT2D eigenvalue weighted by Crippen LogP contribution is 2.08. The molecular formula is C17H25N3. The summed E-state index contributed by atoms with van der Waals surface area (Å²) in [6.45, 7) is 7.37. The molecule has 0 aliphatic carbocycles. The van der Waals surface area contributed by atoms with E-state index in [9.17, 15) is 0 Å². The molecule has 3 nitrogen and oxygen atoms in total. The molecule has 0 saturated heterocycles. The van der Waals surface area contributed by atoms with Crippen molar-refractivity contribution >= 4 is 0 Å². The lowest BCUT2D eigenvalue weighted by Gasteiger charge is -2.04. The van der Waals surface area contributed by atoms with E-state index in [1.165, 1.54) is 23.2 Å². The van der Waals surface area contributed by atoms with E-state index in [1.54, 1.807) is 0 Å². The second-order valence-corrected chi connectivity index (χ2v) is 5.21. The SMILES string of the molecule is CCCNCCc1cn(Cc2ccc(CC)cc2)cn1. The van der Waals surface area contributed by atoms with Crippen molar-refractivity contribution in [2.24, 2.45) is 0 Å². The van der Waals surface area contributed by atoms with Crippen LogP contribution >= 0.6 is 0 Å². The highest BCUT2D eigenvalue weighted by atomic mass is 15.0. The normalized spacial score (nSPS) is 10.9. The van der Waals surface area contributed by atoms with Crippen molar-refractivity contribution in [1.29, 1.82) is 0 Å². The molecule has 1 aromatic carbocycles. The van der Waals surface area contributed by atoms with Crippen LogP contribution in [0.5, 0.6) is 0 Å². The minimum absolute atomic E-state index is 0.902. The van der Waals surface area contributed by atoms with Gasteiger partial charge in [0, 0.05) is 25.7 Å². The number of hydrogen-bond donors (Lipinski definition) is 1. The van der Waals surface area contributed by atoms with Gasteiger partial charge in [-0.05, 0) is 30.5 Å². The molecular weight excluding hydrogens is 246 g/mol. The zero-order valence-electron chi connectivity index (χ0n) is 12.6. The van der Waals surface area contributed by atoms with Gasteiger partial charge in [-0.2, -0.15) is 0 Å². The van der Waals surface area contributed by atoms with Crippen LogP contribution < -0.4 is 5.32 Å². The fraction of sp³-hybridized carbons (Fsp3) is 0.471. The largest absolute Gasteiger partial charge is 0.333 e. The van der Waals surface area contributed by atoms with E-state index in [-0.39, 0.29) is 0 Å². The first-order chi connectivity index (χ1) is 9.81. The Hall–Kier alpha value is -1.61. The van der Waals surface area contributed by atoms with Crippen LogP contribution in [0.1, 0.15) is 37.1 Å². The topological polar surface area (TPSA) is 29.9 Å². The van der Waals surface area contributed by atoms with Crippen molar-refractivity contribution in [3.8, 4) is 0 Å². The van der Waals surface area contributed by atoms with Gasteiger partial charge in [0.15, 0.2) is 0 Å². The number of aryl methyl sites for hydroxylation is 1. The molecule has 3 heteroatoms. The second-order valence-electron chi connectivity index (χ2n) is 5.21. The van der Waals surface area contributed by atoms with Crippen molar-refractivity contribution in [2.75, 3.05) is 13.1 Å². The van der Waals surface area contributed by atoms with Crippen molar-refractivity contribution < 1.29 is 0 Å². The van der Waals surface area contributed by atoms with Crippen molar-refractivity contribution in [2.45, 2.75) is 39.7 Å². The van der Waals surface area contributed by atoms with Gasteiger partial charge in [-0.1, -0.05) is 38.1 Å². The maximum Gasteiger partial charge on any atom is 0.0952 e. The number of rotatable bonds is 8. The van der Waals surface area contributed by atoms with E-state index in [1.807, 2.05) is 6.33 Å². The molecule has 0 unspecified atom stereocenters. The molecule has 1 aromatic heterocycles. The number of aromatic nitrogens is 2. The smallest absolute Gasteiger partial charge is 0.0952 e. The molecule has 0 atom stereocenters. The molecule has 0 spiro atoms. The molecule has 0 amide bonds. The molecule has 0 aliphatic rings. The molecule has 0 fully saturated rings. The Morgan fingerprint density at radius 1 is 1.05 bits per heavy atom. The first kappa shape index (κ1) is 14.8. The fourth-order valence-electron chi connectivity index (χ4n) is 2.23. The number of nitrogens with zero attached hydrogens (tertiary/aromatic N) is 2. The Labute approximate surface area is 122 Å². The summed E-state index contributed by atoms with van der Waals surface area (Å²) in [5.74, 6) is 0. The number of hydrogen-bond acceptors (Lipinski definition) is 2. The highest BCUT2D eigenvalue weighted by molar-refractivity contribution is 5.22. The summed E-state index contributed by atoms with van der Waals surface area (Å²) >= 11 is 0. The highest BCUT2D eigenvalue weighted by Gasteiger charge is 2.00. The molecule has 0 saturated carbocycles. The average molecular weight is 271 g/mol. The molecule has 2 rings (SSSR count). The van der Waals surface area contributed by atoms with Crippen molar-refractivity contribution in [3.05, 3.63) is 53.6 Å². The van der Waals surface area contributed by atoms with Crippen LogP contribution in [0.4, 0.5) is 0 Å². The van der Waals surface area contributed by atoms with Gasteiger partial charge in [0.25, 0.3) is 0 Å². The predicted molar refractivity (Wildman–Crippen MR) is 84.0 cm³/mol. The molecule has 0 aliphatic heterocycles. The van der Waals surface area contributed by atoms with E-state index in [0.717, 1.165) is 32.5 Å². The fourth-order valence-corrected chi connectivity index (χ4v) is 2.23. The van der Waals surface area contributed by atoms with Crippen LogP contribution in [-0.2, 0) is 19.4 Å². The van der Waals surface area contributed by atoms with Gasteiger partial charge in [-0.15, -0.1) is 0 Å². The Morgan fingerprint density at radius 2 is 1.80 bits per heavy atom. The summed E-state index contributed by atoms with van der Waals surface area (Å²) in [5.41, 5.74) is 3.89. The van der Waals surface area contributed by atoms with E-state index in [2.05, 4.69) is 59.2 Å². The quantitative estimate of drug-likeness (QED) is 0.748. The van der Waals surface area contributed by atoms with E-state index in [4.69, 9.17) is 0 Å². The van der Waals surface area contributed by atoms with Crippen LogP contribution in [-0.4, -0.2) is 22.6 Å². The Morgan fingerprint density at radius 3 is 2.50 bits per heavy atom. The first-order valence-corrected chi connectivity index (χ1v) is 7.61. The number of imidazole rings is 1. The zero-order valence-corrected chi connectivity index (χ0v) is 12.6. The molecule has 1 N–H and O–H groups in total. The minimum atomic E-state index is 0.902. The monoisotopic (exact) mass is 271 g/mol. The summed E-state index contributed by atoms with van der Waals surface area (Å²) in [5, 5.41) is 3.41. The van der Waals surface area contributed by atoms with Crippen LogP contribution in [0.2, 0.25) is 0 Å². The van der Waals surface area contributed by atoms with Gasteiger partial charge in [-0.25, -0.2) is 4.98 Å². The third-order valence-electron chi connectivity index (χ3n) is 3.47. The lowest BCUT2D eigenvalue weighted by atomic mass is 10.1. The van der Waals surface area contributed by atoms with Gasteiger partial charge in [0.2, 0.25) is 0 Å². The Bertz CT molecular complexity index is 499. The van der Waals surface area contributed by atoms with E-state index in [0.29, 0.717) is 0 Å². The molecule has 0 radical (unpaired) electrons. The van der Waals surface area contributed by atoms with E-state index < -0.39 is 0 Å². The zero-order chi connectivity index (χ0) is 14.2. The molecule has 20 heavy (non-hydrogen) atoms. The molecule has 1 heterocycles. The molecule has 108 valence electrons. The summed E-state index contributed by atoms with van der Waals surface area (Å²) < 4.78 is 2.16. The Balaban J connectivity index is 1.85. The van der Waals surface area contributed by atoms with Crippen LogP contribution in [0.15, 0.2) is 36.8 Å². The van der Waals surface area contributed by atoms with Crippen molar-refractivity contribution in [3.63, 3.8) is 0 Å².